The summed E-state index contributed by atoms with van der Waals surface area (Å²) in [5.74, 6) is 1.46. The Kier molecular flexibility index (Phi) is 4.32. The van der Waals surface area contributed by atoms with Crippen molar-refractivity contribution in [3.05, 3.63) is 47.1 Å². The van der Waals surface area contributed by atoms with Crippen LogP contribution in [0, 0.1) is 6.92 Å². The molecule has 4 nitrogen and oxygen atoms in total. The van der Waals surface area contributed by atoms with E-state index in [4.69, 9.17) is 10.3 Å². The Morgan fingerprint density at radius 3 is 2.84 bits per heavy atom. The number of benzene rings is 1. The first kappa shape index (κ1) is 13.7. The Balaban J connectivity index is 2.09. The molecule has 0 aliphatic rings. The fraction of sp³-hybridized carbons (Fsp3) is 0.467. The topological polar surface area (TPSA) is 64.9 Å². The van der Waals surface area contributed by atoms with Crippen LogP contribution in [0.15, 0.2) is 28.8 Å². The lowest BCUT2D eigenvalue weighted by molar-refractivity contribution is 0.337. The minimum atomic E-state index is 0.0623. The highest BCUT2D eigenvalue weighted by Crippen LogP contribution is 2.18. The van der Waals surface area contributed by atoms with Crippen molar-refractivity contribution in [2.45, 2.75) is 45.6 Å². The van der Waals surface area contributed by atoms with Crippen LogP contribution in [0.2, 0.25) is 0 Å². The smallest absolute Gasteiger partial charge is 0.231 e. The van der Waals surface area contributed by atoms with Gasteiger partial charge in [0, 0.05) is 12.5 Å². The summed E-state index contributed by atoms with van der Waals surface area (Å²) in [5, 5.41) is 4.04. The summed E-state index contributed by atoms with van der Waals surface area (Å²) < 4.78 is 5.31. The van der Waals surface area contributed by atoms with E-state index in [0.717, 1.165) is 12.2 Å². The van der Waals surface area contributed by atoms with Crippen LogP contribution in [0.3, 0.4) is 0 Å². The van der Waals surface area contributed by atoms with Crippen molar-refractivity contribution < 1.29 is 4.52 Å². The van der Waals surface area contributed by atoms with Crippen molar-refractivity contribution in [1.29, 1.82) is 0 Å². The fourth-order valence-electron chi connectivity index (χ4n) is 2.07. The molecule has 0 aliphatic carbocycles. The van der Waals surface area contributed by atoms with E-state index in [9.17, 15) is 0 Å². The van der Waals surface area contributed by atoms with Gasteiger partial charge in [-0.15, -0.1) is 0 Å². The minimum Gasteiger partial charge on any atom is -0.339 e. The van der Waals surface area contributed by atoms with E-state index >= 15 is 0 Å². The highest BCUT2D eigenvalue weighted by atomic mass is 16.5. The van der Waals surface area contributed by atoms with Crippen LogP contribution in [-0.4, -0.2) is 16.2 Å². The average molecular weight is 259 g/mol. The lowest BCUT2D eigenvalue weighted by Gasteiger charge is -2.13. The summed E-state index contributed by atoms with van der Waals surface area (Å²) in [6, 6.07) is 8.39. The lowest BCUT2D eigenvalue weighted by atomic mass is 10.0. The second-order valence-corrected chi connectivity index (χ2v) is 5.08. The quantitative estimate of drug-likeness (QED) is 0.896. The van der Waals surface area contributed by atoms with Gasteiger partial charge in [0.2, 0.25) is 5.89 Å². The molecule has 2 atom stereocenters. The third-order valence-corrected chi connectivity index (χ3v) is 3.43. The molecule has 1 aromatic carbocycles. The molecule has 0 radical (unpaired) electrons. The summed E-state index contributed by atoms with van der Waals surface area (Å²) in [6.07, 6.45) is 1.59. The van der Waals surface area contributed by atoms with Crippen LogP contribution < -0.4 is 5.73 Å². The molecular formula is C15H21N3O. The largest absolute Gasteiger partial charge is 0.339 e. The molecule has 0 spiro atoms. The Labute approximate surface area is 114 Å². The van der Waals surface area contributed by atoms with E-state index in [-0.39, 0.29) is 12.0 Å². The first-order chi connectivity index (χ1) is 9.10. The maximum absolute atomic E-state index is 6.00. The number of rotatable bonds is 5. The molecule has 0 aliphatic heterocycles. The molecule has 2 unspecified atom stereocenters. The Morgan fingerprint density at radius 1 is 1.37 bits per heavy atom. The number of aryl methyl sites for hydroxylation is 1. The number of nitrogens with zero attached hydrogens (tertiary/aromatic N) is 2. The SMILES string of the molecule is CCC(N)C(C)c1nc(Cc2cccc(C)c2)no1. The van der Waals surface area contributed by atoms with Crippen molar-refractivity contribution in [1.82, 2.24) is 10.1 Å². The maximum atomic E-state index is 6.00. The summed E-state index contributed by atoms with van der Waals surface area (Å²) >= 11 is 0. The molecule has 2 aromatic rings. The fourth-order valence-corrected chi connectivity index (χ4v) is 2.07. The number of hydrogen-bond acceptors (Lipinski definition) is 4. The molecule has 2 N–H and O–H groups in total. The predicted molar refractivity (Wildman–Crippen MR) is 75.0 cm³/mol. The zero-order valence-electron chi connectivity index (χ0n) is 11.8. The normalized spacial score (nSPS) is 14.3. The van der Waals surface area contributed by atoms with Crippen LogP contribution >= 0.6 is 0 Å². The van der Waals surface area contributed by atoms with E-state index in [1.165, 1.54) is 11.1 Å². The molecule has 1 heterocycles. The first-order valence-electron chi connectivity index (χ1n) is 6.73. The molecule has 2 rings (SSSR count). The zero-order chi connectivity index (χ0) is 13.8. The van der Waals surface area contributed by atoms with Crippen molar-refractivity contribution in [3.63, 3.8) is 0 Å². The van der Waals surface area contributed by atoms with E-state index < -0.39 is 0 Å². The Hall–Kier alpha value is -1.68. The van der Waals surface area contributed by atoms with Crippen LogP contribution in [0.5, 0.6) is 0 Å². The molecule has 0 amide bonds. The molecule has 102 valence electrons. The van der Waals surface area contributed by atoms with Gasteiger partial charge in [-0.1, -0.05) is 48.8 Å². The zero-order valence-corrected chi connectivity index (χ0v) is 11.8. The summed E-state index contributed by atoms with van der Waals surface area (Å²) in [4.78, 5) is 4.45. The summed E-state index contributed by atoms with van der Waals surface area (Å²) in [7, 11) is 0. The predicted octanol–water partition coefficient (Wildman–Crippen LogP) is 2.81. The molecule has 0 fully saturated rings. The van der Waals surface area contributed by atoms with Gasteiger partial charge in [0.15, 0.2) is 5.82 Å². The van der Waals surface area contributed by atoms with Gasteiger partial charge >= 0.3 is 0 Å². The third kappa shape index (κ3) is 3.41. The second kappa shape index (κ2) is 5.97. The Morgan fingerprint density at radius 2 is 2.16 bits per heavy atom. The number of aromatic nitrogens is 2. The molecular weight excluding hydrogens is 238 g/mol. The van der Waals surface area contributed by atoms with E-state index in [1.54, 1.807) is 0 Å². The van der Waals surface area contributed by atoms with Crippen molar-refractivity contribution >= 4 is 0 Å². The molecule has 0 saturated carbocycles. The lowest BCUT2D eigenvalue weighted by Crippen LogP contribution is -2.25. The van der Waals surface area contributed by atoms with Crippen LogP contribution in [0.25, 0.3) is 0 Å². The van der Waals surface area contributed by atoms with Crippen molar-refractivity contribution in [2.24, 2.45) is 5.73 Å². The van der Waals surface area contributed by atoms with Gasteiger partial charge in [-0.3, -0.25) is 0 Å². The van der Waals surface area contributed by atoms with Crippen LogP contribution in [0.1, 0.15) is 49.0 Å². The number of hydrogen-bond donors (Lipinski definition) is 1. The summed E-state index contributed by atoms with van der Waals surface area (Å²) in [5.41, 5.74) is 8.44. The standard InChI is InChI=1S/C15H21N3O/c1-4-13(16)11(3)15-17-14(18-19-15)9-12-7-5-6-10(2)8-12/h5-8,11,13H,4,9,16H2,1-3H3. The maximum Gasteiger partial charge on any atom is 0.231 e. The van der Waals surface area contributed by atoms with Gasteiger partial charge < -0.3 is 10.3 Å². The second-order valence-electron chi connectivity index (χ2n) is 5.08. The van der Waals surface area contributed by atoms with Gasteiger partial charge in [-0.2, -0.15) is 4.98 Å². The van der Waals surface area contributed by atoms with E-state index in [2.05, 4.69) is 42.2 Å². The van der Waals surface area contributed by atoms with Crippen molar-refractivity contribution in [3.8, 4) is 0 Å². The van der Waals surface area contributed by atoms with Crippen LogP contribution in [0.4, 0.5) is 0 Å². The van der Waals surface area contributed by atoms with Gasteiger partial charge in [0.05, 0.1) is 5.92 Å². The Bertz CT molecular complexity index is 536. The summed E-state index contributed by atoms with van der Waals surface area (Å²) in [6.45, 7) is 6.16. The van der Waals surface area contributed by atoms with Gasteiger partial charge in [-0.05, 0) is 18.9 Å². The molecule has 1 aromatic heterocycles. The third-order valence-electron chi connectivity index (χ3n) is 3.43. The molecule has 0 bridgehead atoms. The van der Waals surface area contributed by atoms with Gasteiger partial charge in [0.25, 0.3) is 0 Å². The van der Waals surface area contributed by atoms with Gasteiger partial charge in [-0.25, -0.2) is 0 Å². The van der Waals surface area contributed by atoms with Gasteiger partial charge in [0.1, 0.15) is 0 Å². The molecule has 19 heavy (non-hydrogen) atoms. The monoisotopic (exact) mass is 259 g/mol. The highest BCUT2D eigenvalue weighted by molar-refractivity contribution is 5.24. The molecule has 0 saturated heterocycles. The van der Waals surface area contributed by atoms with Crippen molar-refractivity contribution in [2.75, 3.05) is 0 Å². The minimum absolute atomic E-state index is 0.0623. The van der Waals surface area contributed by atoms with E-state index in [0.29, 0.717) is 12.3 Å². The number of nitrogens with two attached hydrogens (primary N) is 1. The highest BCUT2D eigenvalue weighted by Gasteiger charge is 2.19. The van der Waals surface area contributed by atoms with E-state index in [1.807, 2.05) is 13.0 Å². The average Bonchev–Trinajstić information content (AvgIpc) is 2.85. The van der Waals surface area contributed by atoms with Crippen LogP contribution in [-0.2, 0) is 6.42 Å². The first-order valence-corrected chi connectivity index (χ1v) is 6.73. The molecule has 4 heteroatoms.